The van der Waals surface area contributed by atoms with E-state index in [1.165, 1.54) is 10.7 Å². The van der Waals surface area contributed by atoms with Crippen molar-refractivity contribution < 1.29 is 9.90 Å². The lowest BCUT2D eigenvalue weighted by Gasteiger charge is -1.92. The number of carboxylic acid groups (broad SMARTS) is 1. The zero-order valence-corrected chi connectivity index (χ0v) is 9.69. The minimum absolute atomic E-state index is 0.00626. The van der Waals surface area contributed by atoms with Gasteiger partial charge in [0, 0.05) is 11.6 Å². The molecule has 0 atom stereocenters. The van der Waals surface area contributed by atoms with Crippen LogP contribution in [0.15, 0.2) is 42.6 Å². The second-order valence-electron chi connectivity index (χ2n) is 3.86. The first kappa shape index (κ1) is 11.1. The lowest BCUT2D eigenvalue weighted by atomic mass is 10.2. The lowest BCUT2D eigenvalue weighted by molar-refractivity contribution is 0.0690. The molecule has 0 spiro atoms. The smallest absolute Gasteiger partial charge is 0.353 e. The summed E-state index contributed by atoms with van der Waals surface area (Å²) in [6.45, 7) is 0. The highest BCUT2D eigenvalue weighted by Crippen LogP contribution is 2.16. The summed E-state index contributed by atoms with van der Waals surface area (Å²) in [5.74, 6) is -0.686. The third-order valence-corrected chi connectivity index (χ3v) is 2.59. The SMILES string of the molecule is O=C(O)c1cc(-n2cc(-c3ccccc3)nn2)n[nH]1. The van der Waals surface area contributed by atoms with Crippen molar-refractivity contribution in [3.63, 3.8) is 0 Å². The van der Waals surface area contributed by atoms with Crippen LogP contribution in [-0.2, 0) is 0 Å². The number of benzene rings is 1. The normalized spacial score (nSPS) is 10.5. The number of rotatable bonds is 3. The Morgan fingerprint density at radius 2 is 2.05 bits per heavy atom. The highest BCUT2D eigenvalue weighted by Gasteiger charge is 2.11. The summed E-state index contributed by atoms with van der Waals surface area (Å²) in [5.41, 5.74) is 1.63. The van der Waals surface area contributed by atoms with Gasteiger partial charge < -0.3 is 5.11 Å². The van der Waals surface area contributed by atoms with Crippen LogP contribution in [0.4, 0.5) is 0 Å². The van der Waals surface area contributed by atoms with Gasteiger partial charge in [0.05, 0.1) is 6.20 Å². The fraction of sp³-hybridized carbons (Fsp3) is 0. The van der Waals surface area contributed by atoms with Crippen LogP contribution in [0, 0.1) is 0 Å². The van der Waals surface area contributed by atoms with Gasteiger partial charge in [0.25, 0.3) is 0 Å². The van der Waals surface area contributed by atoms with Crippen molar-refractivity contribution in [2.45, 2.75) is 0 Å². The van der Waals surface area contributed by atoms with Gasteiger partial charge in [-0.1, -0.05) is 35.5 Å². The average Bonchev–Trinajstić information content (AvgIpc) is 3.09. The van der Waals surface area contributed by atoms with Crippen molar-refractivity contribution in [3.05, 3.63) is 48.3 Å². The van der Waals surface area contributed by atoms with Crippen molar-refractivity contribution in [3.8, 4) is 17.1 Å². The minimum atomic E-state index is -1.07. The first-order chi connectivity index (χ1) is 9.24. The molecule has 0 fully saturated rings. The zero-order valence-electron chi connectivity index (χ0n) is 9.69. The minimum Gasteiger partial charge on any atom is -0.477 e. The molecule has 0 radical (unpaired) electrons. The fourth-order valence-corrected chi connectivity index (χ4v) is 1.66. The topological polar surface area (TPSA) is 96.7 Å². The Morgan fingerprint density at radius 3 is 2.74 bits per heavy atom. The summed E-state index contributed by atoms with van der Waals surface area (Å²) >= 11 is 0. The summed E-state index contributed by atoms with van der Waals surface area (Å²) in [6, 6.07) is 11.0. The number of nitrogens with zero attached hydrogens (tertiary/aromatic N) is 4. The highest BCUT2D eigenvalue weighted by molar-refractivity contribution is 5.85. The molecule has 0 unspecified atom stereocenters. The number of hydrogen-bond acceptors (Lipinski definition) is 4. The molecule has 0 saturated carbocycles. The Kier molecular flexibility index (Phi) is 2.57. The molecule has 1 aromatic carbocycles. The molecule has 7 heteroatoms. The molecule has 19 heavy (non-hydrogen) atoms. The molecule has 0 saturated heterocycles. The van der Waals surface area contributed by atoms with E-state index in [2.05, 4.69) is 20.5 Å². The van der Waals surface area contributed by atoms with Crippen molar-refractivity contribution in [2.75, 3.05) is 0 Å². The third kappa shape index (κ3) is 2.08. The predicted octanol–water partition coefficient (Wildman–Crippen LogP) is 1.36. The van der Waals surface area contributed by atoms with E-state index in [0.29, 0.717) is 11.5 Å². The van der Waals surface area contributed by atoms with E-state index in [0.717, 1.165) is 5.56 Å². The Hall–Kier alpha value is -2.96. The fourth-order valence-electron chi connectivity index (χ4n) is 1.66. The summed E-state index contributed by atoms with van der Waals surface area (Å²) < 4.78 is 1.42. The van der Waals surface area contributed by atoms with Gasteiger partial charge in [-0.05, 0) is 0 Å². The number of nitrogens with one attached hydrogen (secondary N) is 1. The van der Waals surface area contributed by atoms with Crippen LogP contribution >= 0.6 is 0 Å². The van der Waals surface area contributed by atoms with E-state index in [1.807, 2.05) is 30.3 Å². The number of carbonyl (C=O) groups is 1. The predicted molar refractivity (Wildman–Crippen MR) is 65.9 cm³/mol. The van der Waals surface area contributed by atoms with Crippen molar-refractivity contribution in [2.24, 2.45) is 0 Å². The van der Waals surface area contributed by atoms with Crippen LogP contribution in [0.1, 0.15) is 10.5 Å². The van der Waals surface area contributed by atoms with Crippen LogP contribution in [0.3, 0.4) is 0 Å². The van der Waals surface area contributed by atoms with Gasteiger partial charge in [0.1, 0.15) is 11.4 Å². The number of aromatic amines is 1. The maximum Gasteiger partial charge on any atom is 0.353 e. The molecule has 0 aliphatic rings. The van der Waals surface area contributed by atoms with Gasteiger partial charge in [-0.2, -0.15) is 9.78 Å². The Morgan fingerprint density at radius 1 is 1.26 bits per heavy atom. The van der Waals surface area contributed by atoms with E-state index in [4.69, 9.17) is 5.11 Å². The number of H-pyrrole nitrogens is 1. The molecule has 3 aromatic rings. The largest absolute Gasteiger partial charge is 0.477 e. The molecule has 2 heterocycles. The lowest BCUT2D eigenvalue weighted by Crippen LogP contribution is -1.95. The molecule has 0 bridgehead atoms. The molecular weight excluding hydrogens is 246 g/mol. The zero-order chi connectivity index (χ0) is 13.2. The standard InChI is InChI=1S/C12H9N5O2/c18-12(19)9-6-11(15-13-9)17-7-10(14-16-17)8-4-2-1-3-5-8/h1-7H,(H,13,15)(H,18,19). The van der Waals surface area contributed by atoms with Crippen LogP contribution in [0.25, 0.3) is 17.1 Å². The Balaban J connectivity index is 1.94. The molecule has 3 rings (SSSR count). The van der Waals surface area contributed by atoms with Gasteiger partial charge in [0.15, 0.2) is 5.82 Å². The Bertz CT molecular complexity index is 717. The second kappa shape index (κ2) is 4.37. The Labute approximate surface area is 107 Å². The molecule has 0 aliphatic carbocycles. The average molecular weight is 255 g/mol. The van der Waals surface area contributed by atoms with Gasteiger partial charge in [0.2, 0.25) is 0 Å². The first-order valence-electron chi connectivity index (χ1n) is 5.51. The summed E-state index contributed by atoms with van der Waals surface area (Å²) in [7, 11) is 0. The van der Waals surface area contributed by atoms with Crippen LogP contribution in [0.5, 0.6) is 0 Å². The van der Waals surface area contributed by atoms with E-state index < -0.39 is 5.97 Å². The van der Waals surface area contributed by atoms with Gasteiger partial charge in [-0.15, -0.1) is 5.10 Å². The number of hydrogen-bond donors (Lipinski definition) is 2. The first-order valence-corrected chi connectivity index (χ1v) is 5.51. The molecule has 94 valence electrons. The summed E-state index contributed by atoms with van der Waals surface area (Å²) in [5, 5.41) is 23.1. The molecule has 0 amide bonds. The summed E-state index contributed by atoms with van der Waals surface area (Å²) in [6.07, 6.45) is 1.69. The third-order valence-electron chi connectivity index (χ3n) is 2.59. The molecule has 7 nitrogen and oxygen atoms in total. The summed E-state index contributed by atoms with van der Waals surface area (Å²) in [4.78, 5) is 10.8. The molecule has 2 N–H and O–H groups in total. The van der Waals surface area contributed by atoms with Crippen molar-refractivity contribution in [1.29, 1.82) is 0 Å². The van der Waals surface area contributed by atoms with E-state index in [9.17, 15) is 4.79 Å². The van der Waals surface area contributed by atoms with Gasteiger partial charge in [-0.25, -0.2) is 4.79 Å². The molecule has 0 aliphatic heterocycles. The van der Waals surface area contributed by atoms with Crippen LogP contribution in [0.2, 0.25) is 0 Å². The van der Waals surface area contributed by atoms with Crippen molar-refractivity contribution in [1.82, 2.24) is 25.2 Å². The number of carboxylic acids is 1. The second-order valence-corrected chi connectivity index (χ2v) is 3.86. The monoisotopic (exact) mass is 255 g/mol. The quantitative estimate of drug-likeness (QED) is 0.736. The maximum absolute atomic E-state index is 10.8. The number of aromatic nitrogens is 5. The van der Waals surface area contributed by atoms with Crippen LogP contribution < -0.4 is 0 Å². The van der Waals surface area contributed by atoms with Crippen LogP contribution in [-0.4, -0.2) is 36.3 Å². The molecular formula is C12H9N5O2. The number of aromatic carboxylic acids is 1. The van der Waals surface area contributed by atoms with E-state index >= 15 is 0 Å². The van der Waals surface area contributed by atoms with E-state index in [1.54, 1.807) is 6.20 Å². The highest BCUT2D eigenvalue weighted by atomic mass is 16.4. The van der Waals surface area contributed by atoms with Crippen molar-refractivity contribution >= 4 is 5.97 Å². The van der Waals surface area contributed by atoms with Gasteiger partial charge in [-0.3, -0.25) is 5.10 Å². The van der Waals surface area contributed by atoms with Gasteiger partial charge >= 0.3 is 5.97 Å². The maximum atomic E-state index is 10.8. The molecule has 2 aromatic heterocycles. The van der Waals surface area contributed by atoms with E-state index in [-0.39, 0.29) is 5.69 Å².